The molecule has 0 amide bonds. The lowest BCUT2D eigenvalue weighted by molar-refractivity contribution is 0.0221. The van der Waals surface area contributed by atoms with Gasteiger partial charge in [0.2, 0.25) is 0 Å². The molecule has 0 spiro atoms. The first-order valence-corrected chi connectivity index (χ1v) is 10.9. The smallest absolute Gasteiger partial charge is 0.189 e. The molecular formula is C12H17BrCl2O2Si. The Morgan fingerprint density at radius 1 is 1.17 bits per heavy atom. The highest BCUT2D eigenvalue weighted by Gasteiger charge is 2.12. The van der Waals surface area contributed by atoms with Crippen molar-refractivity contribution in [3.63, 3.8) is 0 Å². The molecule has 1 aromatic rings. The third-order valence-electron chi connectivity index (χ3n) is 2.25. The molecular weight excluding hydrogens is 355 g/mol. The lowest BCUT2D eigenvalue weighted by Crippen LogP contribution is -2.22. The summed E-state index contributed by atoms with van der Waals surface area (Å²) in [6.45, 7) is 7.80. The first-order valence-electron chi connectivity index (χ1n) is 5.65. The Balaban J connectivity index is 2.41. The molecule has 102 valence electrons. The number of benzene rings is 1. The van der Waals surface area contributed by atoms with Gasteiger partial charge >= 0.3 is 0 Å². The molecule has 0 atom stereocenters. The molecule has 18 heavy (non-hydrogen) atoms. The van der Waals surface area contributed by atoms with Gasteiger partial charge in [0.05, 0.1) is 10.0 Å². The maximum Gasteiger partial charge on any atom is 0.189 e. The summed E-state index contributed by atoms with van der Waals surface area (Å²) in [7, 11) is -1.05. The van der Waals surface area contributed by atoms with E-state index < -0.39 is 8.07 Å². The molecule has 2 nitrogen and oxygen atoms in total. The molecule has 0 heterocycles. The van der Waals surface area contributed by atoms with Crippen molar-refractivity contribution in [2.75, 3.05) is 13.4 Å². The van der Waals surface area contributed by atoms with Gasteiger partial charge in [0.1, 0.15) is 0 Å². The minimum atomic E-state index is -1.05. The van der Waals surface area contributed by atoms with E-state index in [1.54, 1.807) is 12.1 Å². The number of hydrogen-bond acceptors (Lipinski definition) is 2. The second-order valence-corrected chi connectivity index (χ2v) is 12.5. The summed E-state index contributed by atoms with van der Waals surface area (Å²) in [5.41, 5.74) is 0. The van der Waals surface area contributed by atoms with Gasteiger partial charge in [-0.15, -0.1) is 0 Å². The third kappa shape index (κ3) is 5.93. The second kappa shape index (κ2) is 7.15. The Morgan fingerprint density at radius 3 is 2.22 bits per heavy atom. The summed E-state index contributed by atoms with van der Waals surface area (Å²) >= 11 is 15.4. The second-order valence-electron chi connectivity index (χ2n) is 5.18. The highest BCUT2D eigenvalue weighted by atomic mass is 79.9. The van der Waals surface area contributed by atoms with E-state index in [0.717, 1.165) is 10.5 Å². The summed E-state index contributed by atoms with van der Waals surface area (Å²) in [5, 5.41) is 0.950. The van der Waals surface area contributed by atoms with Crippen LogP contribution in [0.3, 0.4) is 0 Å². The van der Waals surface area contributed by atoms with Crippen LogP contribution in [0, 0.1) is 0 Å². The molecule has 0 unspecified atom stereocenters. The SMILES string of the molecule is C[Si](C)(C)CCOCOc1c(Cl)cc(Br)cc1Cl. The van der Waals surface area contributed by atoms with Gasteiger partial charge in [-0.2, -0.15) is 0 Å². The summed E-state index contributed by atoms with van der Waals surface area (Å²) in [6, 6.07) is 4.59. The van der Waals surface area contributed by atoms with E-state index in [1.165, 1.54) is 0 Å². The summed E-state index contributed by atoms with van der Waals surface area (Å²) in [5.74, 6) is 0.467. The van der Waals surface area contributed by atoms with E-state index in [1.807, 2.05) is 0 Å². The highest BCUT2D eigenvalue weighted by Crippen LogP contribution is 2.35. The van der Waals surface area contributed by atoms with Crippen LogP contribution < -0.4 is 4.74 Å². The standard InChI is InChI=1S/C12H17BrCl2O2Si/c1-18(2,3)5-4-16-8-17-12-10(14)6-9(13)7-11(12)15/h6-7H,4-5,8H2,1-3H3. The first kappa shape index (κ1) is 16.3. The van der Waals surface area contributed by atoms with Crippen molar-refractivity contribution in [2.45, 2.75) is 25.7 Å². The van der Waals surface area contributed by atoms with E-state index in [2.05, 4.69) is 35.6 Å². The van der Waals surface area contributed by atoms with Crippen LogP contribution in [0.4, 0.5) is 0 Å². The fraction of sp³-hybridized carbons (Fsp3) is 0.500. The molecule has 0 bridgehead atoms. The topological polar surface area (TPSA) is 18.5 Å². The first-order chi connectivity index (χ1) is 8.29. The maximum absolute atomic E-state index is 6.03. The molecule has 0 radical (unpaired) electrons. The maximum atomic E-state index is 6.03. The summed E-state index contributed by atoms with van der Waals surface area (Å²) in [4.78, 5) is 0. The zero-order valence-electron chi connectivity index (χ0n) is 10.7. The molecule has 1 aromatic carbocycles. The summed E-state index contributed by atoms with van der Waals surface area (Å²) < 4.78 is 11.7. The van der Waals surface area contributed by atoms with E-state index in [9.17, 15) is 0 Å². The predicted molar refractivity (Wildman–Crippen MR) is 83.8 cm³/mol. The monoisotopic (exact) mass is 370 g/mol. The Labute approximate surface area is 128 Å². The zero-order chi connectivity index (χ0) is 13.8. The van der Waals surface area contributed by atoms with E-state index in [4.69, 9.17) is 32.7 Å². The molecule has 0 N–H and O–H groups in total. The van der Waals surface area contributed by atoms with Crippen molar-refractivity contribution in [1.82, 2.24) is 0 Å². The number of rotatable bonds is 6. The van der Waals surface area contributed by atoms with Gasteiger partial charge in [0, 0.05) is 19.2 Å². The Hall–Kier alpha value is 0.257. The molecule has 0 fully saturated rings. The quantitative estimate of drug-likeness (QED) is 0.376. The van der Waals surface area contributed by atoms with Gasteiger partial charge in [0.25, 0.3) is 0 Å². The van der Waals surface area contributed by atoms with Gasteiger partial charge in [-0.25, -0.2) is 0 Å². The van der Waals surface area contributed by atoms with Gasteiger partial charge in [0.15, 0.2) is 12.5 Å². The molecule has 0 aliphatic heterocycles. The molecule has 0 aromatic heterocycles. The van der Waals surface area contributed by atoms with Gasteiger partial charge in [-0.1, -0.05) is 58.8 Å². The van der Waals surface area contributed by atoms with Gasteiger partial charge in [-0.05, 0) is 18.2 Å². The van der Waals surface area contributed by atoms with Crippen molar-refractivity contribution < 1.29 is 9.47 Å². The van der Waals surface area contributed by atoms with Crippen LogP contribution in [0.5, 0.6) is 5.75 Å². The minimum Gasteiger partial charge on any atom is -0.464 e. The number of halogens is 3. The van der Waals surface area contributed by atoms with Crippen molar-refractivity contribution in [2.24, 2.45) is 0 Å². The Morgan fingerprint density at radius 2 is 1.72 bits per heavy atom. The van der Waals surface area contributed by atoms with Crippen molar-refractivity contribution in [3.05, 3.63) is 26.7 Å². The van der Waals surface area contributed by atoms with E-state index in [-0.39, 0.29) is 6.79 Å². The molecule has 0 aliphatic carbocycles. The lowest BCUT2D eigenvalue weighted by atomic mass is 10.3. The van der Waals surface area contributed by atoms with Crippen molar-refractivity contribution in [3.8, 4) is 5.75 Å². The largest absolute Gasteiger partial charge is 0.464 e. The summed E-state index contributed by atoms with van der Waals surface area (Å²) in [6.07, 6.45) is 0. The zero-order valence-corrected chi connectivity index (χ0v) is 14.8. The average Bonchev–Trinajstić information content (AvgIpc) is 2.19. The number of hydrogen-bond donors (Lipinski definition) is 0. The van der Waals surface area contributed by atoms with Crippen LogP contribution in [0.2, 0.25) is 35.7 Å². The fourth-order valence-corrected chi connectivity index (χ4v) is 3.28. The van der Waals surface area contributed by atoms with Crippen LogP contribution in [0.1, 0.15) is 0 Å². The lowest BCUT2D eigenvalue weighted by Gasteiger charge is -2.16. The Kier molecular flexibility index (Phi) is 6.48. The van der Waals surface area contributed by atoms with Crippen molar-refractivity contribution >= 4 is 47.2 Å². The molecule has 0 saturated carbocycles. The molecule has 0 aliphatic rings. The van der Waals surface area contributed by atoms with Gasteiger partial charge < -0.3 is 9.47 Å². The molecule has 6 heteroatoms. The fourth-order valence-electron chi connectivity index (χ4n) is 1.20. The van der Waals surface area contributed by atoms with Crippen molar-refractivity contribution in [1.29, 1.82) is 0 Å². The van der Waals surface area contributed by atoms with Crippen LogP contribution in [0.25, 0.3) is 0 Å². The third-order valence-corrected chi connectivity index (χ3v) is 4.97. The highest BCUT2D eigenvalue weighted by molar-refractivity contribution is 9.10. The van der Waals surface area contributed by atoms with Crippen LogP contribution in [0.15, 0.2) is 16.6 Å². The number of ether oxygens (including phenoxy) is 2. The minimum absolute atomic E-state index is 0.172. The van der Waals surface area contributed by atoms with E-state index >= 15 is 0 Å². The van der Waals surface area contributed by atoms with E-state index in [0.29, 0.717) is 22.4 Å². The molecule has 0 saturated heterocycles. The van der Waals surface area contributed by atoms with Crippen LogP contribution in [-0.2, 0) is 4.74 Å². The predicted octanol–water partition coefficient (Wildman–Crippen LogP) is 5.45. The van der Waals surface area contributed by atoms with Crippen LogP contribution in [-0.4, -0.2) is 21.5 Å². The average molecular weight is 372 g/mol. The molecule has 1 rings (SSSR count). The normalized spacial score (nSPS) is 11.7. The van der Waals surface area contributed by atoms with Crippen LogP contribution >= 0.6 is 39.1 Å². The van der Waals surface area contributed by atoms with Gasteiger partial charge in [-0.3, -0.25) is 0 Å². The Bertz CT molecular complexity index is 385.